The Bertz CT molecular complexity index is 710. The molecule has 0 radical (unpaired) electrons. The van der Waals surface area contributed by atoms with Gasteiger partial charge in [0, 0.05) is 13.0 Å². The van der Waals surface area contributed by atoms with Crippen LogP contribution in [-0.4, -0.2) is 31.6 Å². The van der Waals surface area contributed by atoms with E-state index in [1.165, 1.54) is 7.11 Å². The molecule has 1 amide bonds. The normalized spacial score (nSPS) is 10.1. The predicted molar refractivity (Wildman–Crippen MR) is 93.2 cm³/mol. The van der Waals surface area contributed by atoms with Crippen molar-refractivity contribution in [1.82, 2.24) is 5.32 Å². The first-order valence-electron chi connectivity index (χ1n) is 7.69. The van der Waals surface area contributed by atoms with Crippen LogP contribution in [0.1, 0.15) is 27.9 Å². The van der Waals surface area contributed by atoms with Crippen molar-refractivity contribution in [3.05, 3.63) is 57.8 Å². The van der Waals surface area contributed by atoms with E-state index < -0.39 is 11.9 Å². The number of thiophene rings is 1. The fraction of sp³-hybridized carbons (Fsp3) is 0.278. The summed E-state index contributed by atoms with van der Waals surface area (Å²) in [6.45, 7) is -0.0184. The number of rotatable bonds is 8. The highest BCUT2D eigenvalue weighted by Crippen LogP contribution is 2.09. The quantitative estimate of drug-likeness (QED) is 0.730. The van der Waals surface area contributed by atoms with E-state index in [-0.39, 0.29) is 25.5 Å². The molecule has 0 aliphatic rings. The predicted octanol–water partition coefficient (Wildman–Crippen LogP) is 2.33. The summed E-state index contributed by atoms with van der Waals surface area (Å²) in [7, 11) is 1.32. The van der Waals surface area contributed by atoms with Gasteiger partial charge in [-0.25, -0.2) is 4.79 Å². The number of esters is 2. The van der Waals surface area contributed by atoms with Crippen molar-refractivity contribution in [2.45, 2.75) is 19.4 Å². The van der Waals surface area contributed by atoms with Gasteiger partial charge in [0.2, 0.25) is 0 Å². The van der Waals surface area contributed by atoms with Crippen LogP contribution in [0.3, 0.4) is 0 Å². The van der Waals surface area contributed by atoms with Gasteiger partial charge in [-0.05, 0) is 46.5 Å². The zero-order chi connectivity index (χ0) is 18.1. The average molecular weight is 361 g/mol. The van der Waals surface area contributed by atoms with Crippen LogP contribution < -0.4 is 5.32 Å². The highest BCUT2D eigenvalue weighted by Gasteiger charge is 2.09. The molecule has 1 aromatic heterocycles. The molecular weight excluding hydrogens is 342 g/mol. The summed E-state index contributed by atoms with van der Waals surface area (Å²) < 4.78 is 9.56. The van der Waals surface area contributed by atoms with Crippen molar-refractivity contribution in [3.63, 3.8) is 0 Å². The Balaban J connectivity index is 1.66. The number of hydrogen-bond donors (Lipinski definition) is 1. The van der Waals surface area contributed by atoms with Gasteiger partial charge in [0.1, 0.15) is 0 Å². The SMILES string of the molecule is COC(=O)c1ccc(CNC(=O)COC(=O)CCc2ccsc2)cc1. The Hall–Kier alpha value is -2.67. The number of hydrogen-bond acceptors (Lipinski definition) is 6. The fourth-order valence-corrected chi connectivity index (χ4v) is 2.73. The van der Waals surface area contributed by atoms with Crippen LogP contribution in [-0.2, 0) is 32.0 Å². The first-order valence-corrected chi connectivity index (χ1v) is 8.63. The van der Waals surface area contributed by atoms with E-state index in [4.69, 9.17) is 4.74 Å². The minimum absolute atomic E-state index is 0.249. The lowest BCUT2D eigenvalue weighted by Crippen LogP contribution is -2.28. The average Bonchev–Trinajstić information content (AvgIpc) is 3.16. The monoisotopic (exact) mass is 361 g/mol. The second-order valence-electron chi connectivity index (χ2n) is 5.26. The first-order chi connectivity index (χ1) is 12.1. The largest absolute Gasteiger partial charge is 0.465 e. The summed E-state index contributed by atoms with van der Waals surface area (Å²) in [4.78, 5) is 34.6. The van der Waals surface area contributed by atoms with Crippen LogP contribution in [0.2, 0.25) is 0 Å². The van der Waals surface area contributed by atoms with Crippen LogP contribution in [0.4, 0.5) is 0 Å². The molecule has 2 aromatic rings. The Labute approximate surface area is 149 Å². The van der Waals surface area contributed by atoms with Gasteiger partial charge in [0.15, 0.2) is 6.61 Å². The standard InChI is InChI=1S/C18H19NO5S/c1-23-18(22)15-5-2-13(3-6-15)10-19-16(20)11-24-17(21)7-4-14-8-9-25-12-14/h2-3,5-6,8-9,12H,4,7,10-11H2,1H3,(H,19,20). The van der Waals surface area contributed by atoms with Crippen molar-refractivity contribution < 1.29 is 23.9 Å². The van der Waals surface area contributed by atoms with Gasteiger partial charge in [-0.2, -0.15) is 11.3 Å². The molecule has 6 nitrogen and oxygen atoms in total. The molecule has 0 unspecified atom stereocenters. The molecule has 0 fully saturated rings. The first kappa shape index (κ1) is 18.7. The Morgan fingerprint density at radius 3 is 2.48 bits per heavy atom. The van der Waals surface area contributed by atoms with Gasteiger partial charge in [-0.1, -0.05) is 12.1 Å². The van der Waals surface area contributed by atoms with Crippen LogP contribution in [0, 0.1) is 0 Å². The van der Waals surface area contributed by atoms with Crippen molar-refractivity contribution in [1.29, 1.82) is 0 Å². The van der Waals surface area contributed by atoms with Crippen LogP contribution in [0.25, 0.3) is 0 Å². The van der Waals surface area contributed by atoms with E-state index in [0.29, 0.717) is 12.0 Å². The molecule has 1 aromatic carbocycles. The molecule has 0 aliphatic carbocycles. The maximum Gasteiger partial charge on any atom is 0.337 e. The van der Waals surface area contributed by atoms with Crippen LogP contribution >= 0.6 is 11.3 Å². The van der Waals surface area contributed by atoms with Crippen LogP contribution in [0.15, 0.2) is 41.1 Å². The molecule has 0 saturated heterocycles. The zero-order valence-corrected chi connectivity index (χ0v) is 14.6. The number of aryl methyl sites for hydroxylation is 1. The third kappa shape index (κ3) is 6.39. The Morgan fingerprint density at radius 2 is 1.84 bits per heavy atom. The van der Waals surface area contributed by atoms with E-state index >= 15 is 0 Å². The maximum absolute atomic E-state index is 11.7. The lowest BCUT2D eigenvalue weighted by atomic mass is 10.1. The van der Waals surface area contributed by atoms with Crippen molar-refractivity contribution >= 4 is 29.2 Å². The van der Waals surface area contributed by atoms with Gasteiger partial charge >= 0.3 is 11.9 Å². The van der Waals surface area contributed by atoms with Crippen LogP contribution in [0.5, 0.6) is 0 Å². The molecule has 1 heterocycles. The molecular formula is C18H19NO5S. The number of methoxy groups -OCH3 is 1. The molecule has 1 N–H and O–H groups in total. The highest BCUT2D eigenvalue weighted by atomic mass is 32.1. The summed E-state index contributed by atoms with van der Waals surface area (Å²) in [6.07, 6.45) is 0.857. The van der Waals surface area contributed by atoms with Gasteiger partial charge < -0.3 is 14.8 Å². The molecule has 2 rings (SSSR count). The van der Waals surface area contributed by atoms with E-state index in [0.717, 1.165) is 11.1 Å². The third-order valence-corrected chi connectivity index (χ3v) is 4.16. The van der Waals surface area contributed by atoms with Gasteiger partial charge in [0.25, 0.3) is 5.91 Å². The summed E-state index contributed by atoms with van der Waals surface area (Å²) >= 11 is 1.58. The second-order valence-corrected chi connectivity index (χ2v) is 6.04. The molecule has 132 valence electrons. The third-order valence-electron chi connectivity index (χ3n) is 3.43. The summed E-state index contributed by atoms with van der Waals surface area (Å²) in [5, 5.41) is 6.58. The lowest BCUT2D eigenvalue weighted by Gasteiger charge is -2.07. The number of carbonyl (C=O) groups excluding carboxylic acids is 3. The van der Waals surface area contributed by atoms with Crippen molar-refractivity contribution in [3.8, 4) is 0 Å². The summed E-state index contributed by atoms with van der Waals surface area (Å²) in [5.74, 6) is -1.19. The molecule has 0 spiro atoms. The minimum atomic E-state index is -0.412. The zero-order valence-electron chi connectivity index (χ0n) is 13.8. The smallest absolute Gasteiger partial charge is 0.337 e. The minimum Gasteiger partial charge on any atom is -0.465 e. The molecule has 0 saturated carbocycles. The number of nitrogens with one attached hydrogen (secondary N) is 1. The summed E-state index contributed by atoms with van der Waals surface area (Å²) in [5.41, 5.74) is 2.35. The van der Waals surface area contributed by atoms with Gasteiger partial charge in [-0.3, -0.25) is 9.59 Å². The number of carbonyl (C=O) groups is 3. The van der Waals surface area contributed by atoms with Crippen molar-refractivity contribution in [2.24, 2.45) is 0 Å². The van der Waals surface area contributed by atoms with Gasteiger partial charge in [-0.15, -0.1) is 0 Å². The molecule has 7 heteroatoms. The van der Waals surface area contributed by atoms with E-state index in [2.05, 4.69) is 10.1 Å². The second kappa shape index (κ2) is 9.58. The number of benzene rings is 1. The maximum atomic E-state index is 11.7. The molecule has 25 heavy (non-hydrogen) atoms. The Morgan fingerprint density at radius 1 is 1.08 bits per heavy atom. The molecule has 0 aliphatic heterocycles. The van der Waals surface area contributed by atoms with E-state index in [1.54, 1.807) is 35.6 Å². The van der Waals surface area contributed by atoms with Crippen molar-refractivity contribution in [2.75, 3.05) is 13.7 Å². The Kier molecular flexibility index (Phi) is 7.16. The topological polar surface area (TPSA) is 81.7 Å². The summed E-state index contributed by atoms with van der Waals surface area (Å²) in [6, 6.07) is 8.64. The molecule has 0 atom stereocenters. The van der Waals surface area contributed by atoms with Gasteiger partial charge in [0.05, 0.1) is 12.7 Å². The van der Waals surface area contributed by atoms with E-state index in [9.17, 15) is 14.4 Å². The number of ether oxygens (including phenoxy) is 2. The molecule has 0 bridgehead atoms. The van der Waals surface area contributed by atoms with E-state index in [1.807, 2.05) is 16.8 Å². The highest BCUT2D eigenvalue weighted by molar-refractivity contribution is 7.07. The fourth-order valence-electron chi connectivity index (χ4n) is 2.03. The number of amides is 1. The lowest BCUT2D eigenvalue weighted by molar-refractivity contribution is -0.148.